The monoisotopic (exact) mass is 1210 g/mol. The summed E-state index contributed by atoms with van der Waals surface area (Å²) in [4.78, 5) is 129. The van der Waals surface area contributed by atoms with E-state index in [1.165, 1.54) is 69.5 Å². The fourth-order valence-electron chi connectivity index (χ4n) is 8.37. The molecule has 0 aliphatic heterocycles. The summed E-state index contributed by atoms with van der Waals surface area (Å²) in [6.07, 6.45) is 0. The van der Waals surface area contributed by atoms with Crippen molar-refractivity contribution in [2.45, 2.75) is 39.0 Å². The molecule has 0 aliphatic rings. The lowest BCUT2D eigenvalue weighted by Crippen LogP contribution is -2.36. The minimum Gasteiger partial charge on any atom is -0.478 e. The molecule has 32 heteroatoms. The Bertz CT molecular complexity index is 4720. The number of halogens is 2. The summed E-state index contributed by atoms with van der Waals surface area (Å²) in [5.74, 6) is -6.27. The quantitative estimate of drug-likeness (QED) is 0.0427. The smallest absolute Gasteiger partial charge is 0.335 e. The molecule has 10 rings (SSSR count). The van der Waals surface area contributed by atoms with Gasteiger partial charge >= 0.3 is 11.9 Å². The first-order valence-corrected chi connectivity index (χ1v) is 25.8. The third kappa shape index (κ3) is 12.2. The minimum atomic E-state index is -1.08. The standard InChI is InChI=1S/2C27H21FN8O6S/c1-11(13-3-5-14(6-4-13)25(41)42)31-23(39)17-9-18(36-26(33-17)34-35-27(36)43)24(40)30-10-12-2-7-15(28)16(8-12)32-20-19(29)21(37)22(20)38;1-11(13-3-5-14(6-4-13)25(41)42)31-24(40)18-9-17(33-26-34-35-27(43)36(18)26)23(39)30-10-12-2-7-15(28)16(8-12)32-20-19(29)21(37)22(20)38/h2-9,11,32H,10,29H2,1H3,(H,30,40)(H,31,39)(H,35,43)(H,41,42);2-9,11,32H,10,29H2,1H3,(H,30,39)(H,31,40)(H,35,43)(H,41,42)/t2*11-/m00/s1. The number of nitrogens with zero attached hydrogens (tertiary/aromatic N) is 6. The second-order valence-electron chi connectivity index (χ2n) is 18.8. The number of aromatic carboxylic acids is 2. The molecule has 86 heavy (non-hydrogen) atoms. The number of rotatable bonds is 18. The SMILES string of the molecule is C[C@H](NC(=O)c1cc(C(=O)NCc2ccc(F)c(Nc3c(N)c(=O)c3=O)c2)n2c(=S)[nH]nc2n1)c1ccc(C(=O)O)cc1.C[C@H](NC(=O)c1cc(C(=O)NCc2ccc(F)c(Nc3c(N)c(=O)c3=O)c2)nc2n[nH]c(=S)n12)c1ccc(C(=O)O)cc1. The molecule has 0 spiro atoms. The van der Waals surface area contributed by atoms with E-state index in [2.05, 4.69) is 62.3 Å². The number of H-pyrrole nitrogens is 2. The number of carboxylic acid groups (broad SMARTS) is 2. The first kappa shape index (κ1) is 59.1. The molecule has 4 aromatic heterocycles. The number of hydrogen-bond donors (Lipinski definition) is 12. The number of anilines is 6. The molecule has 4 heterocycles. The molecule has 28 nitrogen and oxygen atoms in total. The molecule has 0 aliphatic carbocycles. The summed E-state index contributed by atoms with van der Waals surface area (Å²) < 4.78 is 31.3. The summed E-state index contributed by atoms with van der Waals surface area (Å²) >= 11 is 10.5. The van der Waals surface area contributed by atoms with Crippen LogP contribution in [-0.2, 0) is 13.1 Å². The van der Waals surface area contributed by atoms with Crippen molar-refractivity contribution in [3.8, 4) is 0 Å². The van der Waals surface area contributed by atoms with Gasteiger partial charge in [-0.3, -0.25) is 38.4 Å². The summed E-state index contributed by atoms with van der Waals surface area (Å²) in [6, 6.07) is 21.0. The van der Waals surface area contributed by atoms with Gasteiger partial charge in [0.05, 0.1) is 34.6 Å². The second-order valence-corrected chi connectivity index (χ2v) is 19.5. The van der Waals surface area contributed by atoms with Gasteiger partial charge in [0.2, 0.25) is 9.54 Å². The van der Waals surface area contributed by atoms with E-state index in [0.717, 1.165) is 12.1 Å². The molecule has 4 amide bonds. The maximum Gasteiger partial charge on any atom is 0.335 e. The van der Waals surface area contributed by atoms with Crippen molar-refractivity contribution < 1.29 is 47.8 Å². The van der Waals surface area contributed by atoms with E-state index in [1.807, 2.05) is 0 Å². The molecular formula is C54H42F2N16O12S2. The first-order chi connectivity index (χ1) is 40.9. The predicted octanol–water partition coefficient (Wildman–Crippen LogP) is 3.93. The van der Waals surface area contributed by atoms with Crippen LogP contribution in [0.5, 0.6) is 0 Å². The molecule has 0 fully saturated rings. The number of nitrogen functional groups attached to an aromatic ring is 2. The van der Waals surface area contributed by atoms with Gasteiger partial charge in [-0.15, -0.1) is 10.2 Å². The Labute approximate surface area is 488 Å². The van der Waals surface area contributed by atoms with Crippen molar-refractivity contribution in [1.82, 2.24) is 60.4 Å². The Balaban J connectivity index is 0.000000205. The van der Waals surface area contributed by atoms with E-state index in [-0.39, 0.29) is 102 Å². The number of aromatic amines is 2. The van der Waals surface area contributed by atoms with Gasteiger partial charge in [-0.1, -0.05) is 36.4 Å². The highest BCUT2D eigenvalue weighted by Crippen LogP contribution is 2.25. The Morgan fingerprint density at radius 3 is 1.34 bits per heavy atom. The number of benzene rings is 4. The number of fused-ring (bicyclic) bond motifs is 2. The van der Waals surface area contributed by atoms with Gasteiger partial charge < -0.3 is 53.6 Å². The third-order valence-corrected chi connectivity index (χ3v) is 13.6. The molecule has 0 unspecified atom stereocenters. The van der Waals surface area contributed by atoms with Gasteiger partial charge in [0.15, 0.2) is 0 Å². The van der Waals surface area contributed by atoms with E-state index in [0.29, 0.717) is 22.3 Å². The molecule has 2 atom stereocenters. The van der Waals surface area contributed by atoms with Gasteiger partial charge in [0.25, 0.3) is 56.9 Å². The van der Waals surface area contributed by atoms with Crippen molar-refractivity contribution in [1.29, 1.82) is 0 Å². The average molecular weight is 1210 g/mol. The van der Waals surface area contributed by atoms with Gasteiger partial charge in [0, 0.05) is 13.1 Å². The number of carboxylic acids is 2. The van der Waals surface area contributed by atoms with Crippen LogP contribution in [-0.4, -0.2) is 84.9 Å². The highest BCUT2D eigenvalue weighted by molar-refractivity contribution is 7.71. The number of amides is 4. The van der Waals surface area contributed by atoms with Crippen molar-refractivity contribution >= 4 is 106 Å². The summed E-state index contributed by atoms with van der Waals surface area (Å²) in [5, 5.41) is 47.0. The zero-order valence-corrected chi connectivity index (χ0v) is 45.8. The van der Waals surface area contributed by atoms with Crippen LogP contribution < -0.4 is 65.1 Å². The van der Waals surface area contributed by atoms with Crippen molar-refractivity contribution in [3.05, 3.63) is 215 Å². The number of hydrogen-bond acceptors (Lipinski definition) is 20. The normalized spacial score (nSPS) is 11.8. The molecule has 0 saturated heterocycles. The zero-order chi connectivity index (χ0) is 62.0. The Hall–Kier alpha value is -11.5. The topological polar surface area (TPSA) is 427 Å². The number of nitrogens with one attached hydrogen (secondary N) is 8. The number of nitrogens with two attached hydrogens (primary N) is 2. The fraction of sp³-hybridized carbons (Fsp3) is 0.111. The Kier molecular flexibility index (Phi) is 16.6. The molecular weight excluding hydrogens is 1170 g/mol. The van der Waals surface area contributed by atoms with Gasteiger partial charge in [-0.25, -0.2) is 47.3 Å². The number of carbonyl (C=O) groups excluding carboxylic acids is 4. The lowest BCUT2D eigenvalue weighted by Gasteiger charge is -2.16. The highest BCUT2D eigenvalue weighted by atomic mass is 32.1. The van der Waals surface area contributed by atoms with E-state index in [4.69, 9.17) is 46.1 Å². The van der Waals surface area contributed by atoms with E-state index < -0.39 is 81.0 Å². The predicted molar refractivity (Wildman–Crippen MR) is 308 cm³/mol. The van der Waals surface area contributed by atoms with Crippen LogP contribution in [0.1, 0.15) is 111 Å². The van der Waals surface area contributed by atoms with E-state index >= 15 is 0 Å². The largest absolute Gasteiger partial charge is 0.478 e. The van der Waals surface area contributed by atoms with Gasteiger partial charge in [-0.2, -0.15) is 0 Å². The second kappa shape index (κ2) is 24.1. The molecule has 0 radical (unpaired) electrons. The molecule has 10 aromatic rings. The summed E-state index contributed by atoms with van der Waals surface area (Å²) in [7, 11) is 0. The minimum absolute atomic E-state index is 0.0400. The van der Waals surface area contributed by atoms with Crippen LogP contribution in [0, 0.1) is 21.2 Å². The maximum atomic E-state index is 14.4. The van der Waals surface area contributed by atoms with Crippen molar-refractivity contribution in [2.24, 2.45) is 0 Å². The van der Waals surface area contributed by atoms with Gasteiger partial charge in [0.1, 0.15) is 57.2 Å². The Morgan fingerprint density at radius 1 is 0.547 bits per heavy atom. The first-order valence-electron chi connectivity index (χ1n) is 25.0. The van der Waals surface area contributed by atoms with E-state index in [9.17, 15) is 56.7 Å². The lowest BCUT2D eigenvalue weighted by molar-refractivity contribution is 0.0686. The van der Waals surface area contributed by atoms with Crippen LogP contribution in [0.2, 0.25) is 0 Å². The van der Waals surface area contributed by atoms with Crippen LogP contribution in [0.4, 0.5) is 42.9 Å². The number of aromatic nitrogens is 8. The molecule has 436 valence electrons. The van der Waals surface area contributed by atoms with Crippen LogP contribution >= 0.6 is 24.4 Å². The Morgan fingerprint density at radius 2 is 0.930 bits per heavy atom. The lowest BCUT2D eigenvalue weighted by atomic mass is 10.1. The van der Waals surface area contributed by atoms with Crippen LogP contribution in [0.3, 0.4) is 0 Å². The molecule has 6 aromatic carbocycles. The summed E-state index contributed by atoms with van der Waals surface area (Å²) in [6.45, 7) is 3.19. The molecule has 0 saturated carbocycles. The maximum absolute atomic E-state index is 14.4. The number of carbonyl (C=O) groups is 6. The van der Waals surface area contributed by atoms with Gasteiger partial charge in [-0.05, 0) is 121 Å². The summed E-state index contributed by atoms with van der Waals surface area (Å²) in [5.41, 5.74) is 8.22. The fourth-order valence-corrected chi connectivity index (χ4v) is 8.82. The van der Waals surface area contributed by atoms with Crippen molar-refractivity contribution in [3.63, 3.8) is 0 Å². The highest BCUT2D eigenvalue weighted by Gasteiger charge is 2.25. The van der Waals surface area contributed by atoms with Crippen LogP contribution in [0.25, 0.3) is 11.6 Å². The third-order valence-electron chi connectivity index (χ3n) is 13.1. The van der Waals surface area contributed by atoms with E-state index in [1.54, 1.807) is 38.1 Å². The molecule has 14 N–H and O–H groups in total. The molecule has 0 bridgehead atoms. The van der Waals surface area contributed by atoms with Crippen LogP contribution in [0.15, 0.2) is 116 Å². The zero-order valence-electron chi connectivity index (χ0n) is 44.2. The average Bonchev–Trinajstić information content (AvgIpc) is 1.84. The van der Waals surface area contributed by atoms with Crippen molar-refractivity contribution in [2.75, 3.05) is 22.1 Å².